The van der Waals surface area contributed by atoms with Crippen LogP contribution >= 0.6 is 11.3 Å². The number of aromatic nitrogens is 1. The third-order valence-corrected chi connectivity index (χ3v) is 7.31. The average Bonchev–Trinajstić information content (AvgIpc) is 3.55. The maximum Gasteiger partial charge on any atom is 0.350 e. The molecule has 2 N–H and O–H groups in total. The topological polar surface area (TPSA) is 143 Å². The Morgan fingerprint density at radius 1 is 1.18 bits per heavy atom. The summed E-state index contributed by atoms with van der Waals surface area (Å²) in [6, 6.07) is 9.36. The summed E-state index contributed by atoms with van der Waals surface area (Å²) >= 11 is 0.850. The Morgan fingerprint density at radius 2 is 1.85 bits per heavy atom. The molecule has 2 aromatic carbocycles. The number of carbonyl (C=O) groups is 4. The number of ketones is 1. The highest BCUT2D eigenvalue weighted by atomic mass is 32.1. The number of hydrogen-bond donors (Lipinski definition) is 2. The number of ether oxygens (including phenoxy) is 2. The number of amides is 1. The Bertz CT molecular complexity index is 1560. The van der Waals surface area contributed by atoms with Gasteiger partial charge in [0.2, 0.25) is 0 Å². The molecule has 40 heavy (non-hydrogen) atoms. The molecule has 10 nitrogen and oxygen atoms in total. The summed E-state index contributed by atoms with van der Waals surface area (Å²) in [4.78, 5) is 53.2. The molecule has 0 spiro atoms. The number of esters is 1. The van der Waals surface area contributed by atoms with Gasteiger partial charge in [0.25, 0.3) is 11.8 Å². The first kappa shape index (κ1) is 28.4. The van der Waals surface area contributed by atoms with Crippen LogP contribution in [0.5, 0.6) is 5.75 Å². The molecule has 2 aliphatic heterocycles. The highest BCUT2D eigenvalue weighted by Gasteiger charge is 2.49. The van der Waals surface area contributed by atoms with Gasteiger partial charge in [-0.15, -0.1) is 0 Å². The second-order valence-electron chi connectivity index (χ2n) is 9.07. The van der Waals surface area contributed by atoms with Gasteiger partial charge in [0, 0.05) is 24.5 Å². The zero-order chi connectivity index (χ0) is 29.3. The second kappa shape index (κ2) is 11.3. The van der Waals surface area contributed by atoms with Crippen molar-refractivity contribution in [3.63, 3.8) is 0 Å². The van der Waals surface area contributed by atoms with Crippen LogP contribution in [-0.2, 0) is 25.5 Å². The largest absolute Gasteiger partial charge is 0.507 e. The number of aliphatic carboxylic acids is 1. The van der Waals surface area contributed by atoms with Crippen LogP contribution in [0.15, 0.2) is 48.0 Å². The van der Waals surface area contributed by atoms with Crippen molar-refractivity contribution >= 4 is 45.9 Å². The van der Waals surface area contributed by atoms with Crippen LogP contribution in [0.1, 0.15) is 51.9 Å². The molecule has 0 radical (unpaired) electrons. The highest BCUT2D eigenvalue weighted by Crippen LogP contribution is 2.45. The number of halogens is 1. The Morgan fingerprint density at radius 3 is 2.50 bits per heavy atom. The Hall–Kier alpha value is -4.58. The fourth-order valence-electron chi connectivity index (χ4n) is 4.51. The number of hydrogen-bond acceptors (Lipinski definition) is 9. The average molecular weight is 569 g/mol. The van der Waals surface area contributed by atoms with Crippen LogP contribution in [0.2, 0.25) is 0 Å². The monoisotopic (exact) mass is 568 g/mol. The lowest BCUT2D eigenvalue weighted by Crippen LogP contribution is -2.29. The van der Waals surface area contributed by atoms with Crippen molar-refractivity contribution in [2.75, 3.05) is 12.0 Å². The van der Waals surface area contributed by atoms with E-state index in [2.05, 4.69) is 4.98 Å². The smallest absolute Gasteiger partial charge is 0.350 e. The molecule has 1 amide bonds. The number of aryl methyl sites for hydroxylation is 1. The number of carboxylic acid groups (broad SMARTS) is 1. The quantitative estimate of drug-likeness (QED) is 0.202. The first-order valence-electron chi connectivity index (χ1n) is 12.0. The minimum Gasteiger partial charge on any atom is -0.507 e. The van der Waals surface area contributed by atoms with E-state index in [1.165, 1.54) is 25.3 Å². The maximum atomic E-state index is 15.1. The third-order valence-electron chi connectivity index (χ3n) is 6.18. The van der Waals surface area contributed by atoms with Gasteiger partial charge in [0.15, 0.2) is 5.13 Å². The predicted molar refractivity (Wildman–Crippen MR) is 143 cm³/mol. The lowest BCUT2D eigenvalue weighted by molar-refractivity contribution is -0.134. The van der Waals surface area contributed by atoms with Crippen molar-refractivity contribution < 1.29 is 43.3 Å². The molecule has 208 valence electrons. The number of anilines is 1. The van der Waals surface area contributed by atoms with Gasteiger partial charge in [-0.1, -0.05) is 29.5 Å². The lowest BCUT2D eigenvalue weighted by Gasteiger charge is -2.23. The number of Topliss-reactive ketones (excluding diaryl/α,β-unsaturated/α-hetero) is 1. The summed E-state index contributed by atoms with van der Waals surface area (Å²) in [5.41, 5.74) is 1.18. The summed E-state index contributed by atoms with van der Waals surface area (Å²) in [5.74, 6) is -3.89. The van der Waals surface area contributed by atoms with Gasteiger partial charge < -0.3 is 19.7 Å². The summed E-state index contributed by atoms with van der Waals surface area (Å²) in [7, 11) is 1.22. The minimum atomic E-state index is -1.30. The van der Waals surface area contributed by atoms with E-state index in [4.69, 9.17) is 19.4 Å². The lowest BCUT2D eigenvalue weighted by atomic mass is 9.94. The molecule has 0 aliphatic carbocycles. The van der Waals surface area contributed by atoms with Gasteiger partial charge >= 0.3 is 11.9 Å². The van der Waals surface area contributed by atoms with Crippen LogP contribution in [0, 0.1) is 12.7 Å². The fraction of sp³-hybridized carbons (Fsp3) is 0.250. The van der Waals surface area contributed by atoms with Gasteiger partial charge in [-0.05, 0) is 43.7 Å². The van der Waals surface area contributed by atoms with Crippen molar-refractivity contribution in [2.45, 2.75) is 39.3 Å². The molecule has 3 heterocycles. The van der Waals surface area contributed by atoms with E-state index in [1.54, 1.807) is 31.2 Å². The SMILES string of the molecule is CC(=O)O.COC(=O)c1sc(N2C(=O)C(=O)/C(=C(/O)c3ccc4c(c3)CC(C)O4)C2c2ccccc2F)nc1C. The molecule has 5 rings (SSSR count). The number of aliphatic hydroxyl groups excluding tert-OH is 1. The number of methoxy groups -OCH3 is 1. The van der Waals surface area contributed by atoms with Crippen molar-refractivity contribution in [3.05, 3.63) is 81.1 Å². The van der Waals surface area contributed by atoms with Crippen LogP contribution in [0.25, 0.3) is 5.76 Å². The number of carbonyl (C=O) groups excluding carboxylic acids is 3. The normalized spacial score (nSPS) is 19.0. The van der Waals surface area contributed by atoms with Gasteiger partial charge in [-0.2, -0.15) is 0 Å². The third kappa shape index (κ3) is 5.30. The number of benzene rings is 2. The van der Waals surface area contributed by atoms with Crippen molar-refractivity contribution in [3.8, 4) is 5.75 Å². The Balaban J connectivity index is 0.000000867. The molecule has 12 heteroatoms. The van der Waals surface area contributed by atoms with Crippen LogP contribution in [0.4, 0.5) is 9.52 Å². The van der Waals surface area contributed by atoms with Crippen LogP contribution < -0.4 is 9.64 Å². The van der Waals surface area contributed by atoms with Crippen molar-refractivity contribution in [1.29, 1.82) is 0 Å². The zero-order valence-corrected chi connectivity index (χ0v) is 22.7. The Labute approximate surface area is 232 Å². The number of fused-ring (bicyclic) bond motifs is 1. The first-order chi connectivity index (χ1) is 18.9. The van der Waals surface area contributed by atoms with E-state index in [0.29, 0.717) is 23.4 Å². The number of aliphatic hydroxyl groups is 1. The molecular formula is C28H25FN2O8S. The highest BCUT2D eigenvalue weighted by molar-refractivity contribution is 7.17. The molecule has 2 aliphatic rings. The number of carboxylic acids is 1. The van der Waals surface area contributed by atoms with Crippen molar-refractivity contribution in [1.82, 2.24) is 4.98 Å². The molecule has 2 unspecified atom stereocenters. The summed E-state index contributed by atoms with van der Waals surface area (Å²) in [6.07, 6.45) is 0.592. The van der Waals surface area contributed by atoms with Gasteiger partial charge in [0.1, 0.15) is 34.3 Å². The van der Waals surface area contributed by atoms with Crippen LogP contribution in [-0.4, -0.2) is 52.0 Å². The van der Waals surface area contributed by atoms with E-state index in [0.717, 1.165) is 28.7 Å². The molecule has 2 atom stereocenters. The predicted octanol–water partition coefficient (Wildman–Crippen LogP) is 4.42. The molecule has 1 aromatic heterocycles. The molecule has 0 bridgehead atoms. The molecule has 3 aromatic rings. The second-order valence-corrected chi connectivity index (χ2v) is 10.0. The van der Waals surface area contributed by atoms with E-state index >= 15 is 4.39 Å². The minimum absolute atomic E-state index is 0.00355. The van der Waals surface area contributed by atoms with Gasteiger partial charge in [-0.25, -0.2) is 14.2 Å². The zero-order valence-electron chi connectivity index (χ0n) is 21.9. The number of thiazole rings is 1. The van der Waals surface area contributed by atoms with E-state index in [-0.39, 0.29) is 27.2 Å². The summed E-state index contributed by atoms with van der Waals surface area (Å²) < 4.78 is 25.5. The number of rotatable bonds is 4. The molecular weight excluding hydrogens is 543 g/mol. The fourth-order valence-corrected chi connectivity index (χ4v) is 5.52. The maximum absolute atomic E-state index is 15.1. The number of nitrogens with zero attached hydrogens (tertiary/aromatic N) is 2. The van der Waals surface area contributed by atoms with E-state index < -0.39 is 41.2 Å². The Kier molecular flexibility index (Phi) is 8.01. The van der Waals surface area contributed by atoms with E-state index in [9.17, 15) is 19.5 Å². The van der Waals surface area contributed by atoms with Gasteiger partial charge in [-0.3, -0.25) is 19.3 Å². The summed E-state index contributed by atoms with van der Waals surface area (Å²) in [5, 5.41) is 18.7. The summed E-state index contributed by atoms with van der Waals surface area (Å²) in [6.45, 7) is 4.57. The molecule has 0 saturated carbocycles. The van der Waals surface area contributed by atoms with Gasteiger partial charge in [0.05, 0.1) is 18.4 Å². The molecule has 1 fully saturated rings. The molecule has 1 saturated heterocycles. The first-order valence-corrected chi connectivity index (χ1v) is 12.9. The van der Waals surface area contributed by atoms with Crippen LogP contribution in [0.3, 0.4) is 0 Å². The standard InChI is InChI=1S/C26H21FN2O6S.C2H4O2/c1-12-10-15-11-14(8-9-18(15)35-12)21(30)19-20(16-6-4-5-7-17(16)27)29(24(32)22(19)31)26-28-13(2)23(36-26)25(33)34-3;1-2(3)4/h4-9,11-12,20,30H,10H2,1-3H3;1H3,(H,3,4)/b21-19+;. The van der Waals surface area contributed by atoms with E-state index in [1.807, 2.05) is 6.92 Å². The van der Waals surface area contributed by atoms with Crippen molar-refractivity contribution in [2.24, 2.45) is 0 Å².